The molecule has 0 spiro atoms. The summed E-state index contributed by atoms with van der Waals surface area (Å²) in [4.78, 5) is 20.2. The van der Waals surface area contributed by atoms with E-state index in [-0.39, 0.29) is 5.91 Å². The zero-order valence-corrected chi connectivity index (χ0v) is 15.5. The molecule has 0 atom stereocenters. The summed E-state index contributed by atoms with van der Waals surface area (Å²) in [7, 11) is 1.79. The van der Waals surface area contributed by atoms with Crippen LogP contribution in [-0.2, 0) is 4.79 Å². The van der Waals surface area contributed by atoms with Crippen molar-refractivity contribution in [2.24, 2.45) is 0 Å². The third kappa shape index (κ3) is 4.02. The fraction of sp³-hybridized carbons (Fsp3) is 0.500. The van der Waals surface area contributed by atoms with Gasteiger partial charge in [-0.1, -0.05) is 23.1 Å². The summed E-state index contributed by atoms with van der Waals surface area (Å²) in [5, 5.41) is 20.7. The minimum absolute atomic E-state index is 0.0696. The third-order valence-electron chi connectivity index (χ3n) is 3.68. The highest BCUT2D eigenvalue weighted by Gasteiger charge is 2.25. The van der Waals surface area contributed by atoms with E-state index in [1.807, 2.05) is 15.9 Å². The molecule has 0 bridgehead atoms. The highest BCUT2D eigenvalue weighted by molar-refractivity contribution is 8.01. The number of hydrogen-bond acceptors (Lipinski definition) is 10. The largest absolute Gasteiger partial charge is 0.424 e. The summed E-state index contributed by atoms with van der Waals surface area (Å²) >= 11 is 2.82. The lowest BCUT2D eigenvalue weighted by Crippen LogP contribution is -2.49. The van der Waals surface area contributed by atoms with Gasteiger partial charge in [0.05, 0.1) is 5.75 Å². The molecule has 0 radical (unpaired) electrons. The minimum atomic E-state index is 0.0696. The number of oxazole rings is 1. The molecule has 132 valence electrons. The molecule has 1 fully saturated rings. The summed E-state index contributed by atoms with van der Waals surface area (Å²) in [6.45, 7) is 4.11. The van der Waals surface area contributed by atoms with Crippen LogP contribution < -0.4 is 10.2 Å². The van der Waals surface area contributed by atoms with Crippen LogP contribution >= 0.6 is 23.1 Å². The normalized spacial score (nSPS) is 14.4. The number of nitrogens with zero attached hydrogens (tertiary/aromatic N) is 6. The number of aromatic nitrogens is 3. The van der Waals surface area contributed by atoms with Gasteiger partial charge >= 0.3 is 0 Å². The summed E-state index contributed by atoms with van der Waals surface area (Å²) in [5.41, 5.74) is 0.296. The lowest BCUT2D eigenvalue weighted by molar-refractivity contribution is -0.128. The van der Waals surface area contributed by atoms with Gasteiger partial charge in [-0.15, -0.1) is 10.2 Å². The molecule has 3 rings (SSSR count). The molecular formula is C14H17N7O2S2. The molecule has 1 saturated heterocycles. The summed E-state index contributed by atoms with van der Waals surface area (Å²) in [6.07, 6.45) is 0. The van der Waals surface area contributed by atoms with Gasteiger partial charge in [0.2, 0.25) is 22.6 Å². The van der Waals surface area contributed by atoms with Crippen molar-refractivity contribution < 1.29 is 9.21 Å². The first-order chi connectivity index (χ1) is 12.1. The van der Waals surface area contributed by atoms with Crippen molar-refractivity contribution in [1.29, 1.82) is 5.26 Å². The standard InChI is InChI=1S/C14H17N7O2S2/c1-9-17-10(7-15)12(23-9)21-5-3-20(4-6-21)11(22)8-24-14-19-18-13(16-2)25-14/h3-6,8H2,1-2H3,(H,16,18). The Morgan fingerprint density at radius 3 is 2.80 bits per heavy atom. The highest BCUT2D eigenvalue weighted by Crippen LogP contribution is 2.26. The molecule has 3 heterocycles. The Bertz CT molecular complexity index is 789. The van der Waals surface area contributed by atoms with Gasteiger partial charge in [0.15, 0.2) is 10.2 Å². The van der Waals surface area contributed by atoms with Crippen molar-refractivity contribution in [2.75, 3.05) is 49.2 Å². The van der Waals surface area contributed by atoms with Crippen LogP contribution in [0, 0.1) is 18.3 Å². The van der Waals surface area contributed by atoms with E-state index in [0.717, 1.165) is 9.47 Å². The predicted octanol–water partition coefficient (Wildman–Crippen LogP) is 1.19. The van der Waals surface area contributed by atoms with Crippen LogP contribution in [-0.4, -0.2) is 65.0 Å². The molecule has 1 N–H and O–H groups in total. The first kappa shape index (κ1) is 17.5. The monoisotopic (exact) mass is 379 g/mol. The van der Waals surface area contributed by atoms with Crippen LogP contribution in [0.15, 0.2) is 8.76 Å². The molecule has 9 nitrogen and oxygen atoms in total. The number of carbonyl (C=O) groups excluding carboxylic acids is 1. The first-order valence-electron chi connectivity index (χ1n) is 7.65. The van der Waals surface area contributed by atoms with Crippen molar-refractivity contribution in [3.05, 3.63) is 11.6 Å². The van der Waals surface area contributed by atoms with E-state index in [1.54, 1.807) is 14.0 Å². The van der Waals surface area contributed by atoms with Crippen molar-refractivity contribution >= 4 is 40.0 Å². The number of aryl methyl sites for hydroxylation is 1. The number of anilines is 2. The summed E-state index contributed by atoms with van der Waals surface area (Å²) < 4.78 is 6.29. The maximum atomic E-state index is 12.4. The Morgan fingerprint density at radius 1 is 1.40 bits per heavy atom. The fourth-order valence-electron chi connectivity index (χ4n) is 2.45. The van der Waals surface area contributed by atoms with Gasteiger partial charge in [-0.3, -0.25) is 4.79 Å². The number of amides is 1. The van der Waals surface area contributed by atoms with Crippen molar-refractivity contribution in [3.63, 3.8) is 0 Å². The van der Waals surface area contributed by atoms with Gasteiger partial charge in [-0.2, -0.15) is 5.26 Å². The van der Waals surface area contributed by atoms with Gasteiger partial charge in [0.1, 0.15) is 6.07 Å². The molecule has 1 amide bonds. The Kier molecular flexibility index (Phi) is 5.40. The second kappa shape index (κ2) is 7.71. The second-order valence-corrected chi connectivity index (χ2v) is 7.48. The van der Waals surface area contributed by atoms with Crippen molar-refractivity contribution in [2.45, 2.75) is 11.3 Å². The fourth-order valence-corrected chi connectivity index (χ4v) is 4.05. The van der Waals surface area contributed by atoms with Gasteiger partial charge in [0.25, 0.3) is 0 Å². The van der Waals surface area contributed by atoms with E-state index in [9.17, 15) is 4.79 Å². The number of piperazine rings is 1. The average molecular weight is 379 g/mol. The third-order valence-corrected chi connectivity index (χ3v) is 5.74. The number of thioether (sulfide) groups is 1. The molecular weight excluding hydrogens is 362 g/mol. The highest BCUT2D eigenvalue weighted by atomic mass is 32.2. The summed E-state index contributed by atoms with van der Waals surface area (Å²) in [5.74, 6) is 1.37. The van der Waals surface area contributed by atoms with E-state index in [4.69, 9.17) is 9.68 Å². The molecule has 1 aliphatic heterocycles. The molecule has 0 aliphatic carbocycles. The molecule has 0 unspecified atom stereocenters. The Morgan fingerprint density at radius 2 is 2.16 bits per heavy atom. The first-order valence-corrected chi connectivity index (χ1v) is 9.45. The molecule has 2 aromatic heterocycles. The van der Waals surface area contributed by atoms with Gasteiger partial charge < -0.3 is 19.5 Å². The number of carbonyl (C=O) groups is 1. The SMILES string of the molecule is CNc1nnc(SCC(=O)N2CCN(c3oc(C)nc3C#N)CC2)s1. The molecule has 25 heavy (non-hydrogen) atoms. The lowest BCUT2D eigenvalue weighted by Gasteiger charge is -2.34. The molecule has 0 aromatic carbocycles. The van der Waals surface area contributed by atoms with Crippen molar-refractivity contribution in [1.82, 2.24) is 20.1 Å². The lowest BCUT2D eigenvalue weighted by atomic mass is 10.3. The van der Waals surface area contributed by atoms with E-state index in [1.165, 1.54) is 23.1 Å². The predicted molar refractivity (Wildman–Crippen MR) is 94.9 cm³/mol. The van der Waals surface area contributed by atoms with E-state index in [2.05, 4.69) is 20.5 Å². The van der Waals surface area contributed by atoms with Crippen LogP contribution in [0.1, 0.15) is 11.6 Å². The van der Waals surface area contributed by atoms with E-state index >= 15 is 0 Å². The average Bonchev–Trinajstić information content (AvgIpc) is 3.25. The van der Waals surface area contributed by atoms with E-state index < -0.39 is 0 Å². The van der Waals surface area contributed by atoms with Crippen LogP contribution in [0.5, 0.6) is 0 Å². The Hall–Kier alpha value is -2.32. The zero-order chi connectivity index (χ0) is 17.8. The zero-order valence-electron chi connectivity index (χ0n) is 13.9. The molecule has 1 aliphatic rings. The number of hydrogen-bond donors (Lipinski definition) is 1. The molecule has 11 heteroatoms. The van der Waals surface area contributed by atoms with Crippen molar-refractivity contribution in [3.8, 4) is 6.07 Å². The van der Waals surface area contributed by atoms with Crippen LogP contribution in [0.2, 0.25) is 0 Å². The van der Waals surface area contributed by atoms with Gasteiger partial charge in [0, 0.05) is 40.2 Å². The van der Waals surface area contributed by atoms with Crippen LogP contribution in [0.4, 0.5) is 11.0 Å². The number of nitriles is 1. The Labute approximate surface area is 153 Å². The molecule has 0 saturated carbocycles. The molecule has 2 aromatic rings. The number of nitrogens with one attached hydrogen (secondary N) is 1. The second-order valence-electron chi connectivity index (χ2n) is 5.28. The smallest absolute Gasteiger partial charge is 0.234 e. The van der Waals surface area contributed by atoms with Crippen LogP contribution in [0.3, 0.4) is 0 Å². The van der Waals surface area contributed by atoms with Gasteiger partial charge in [-0.05, 0) is 0 Å². The Balaban J connectivity index is 1.51. The summed E-state index contributed by atoms with van der Waals surface area (Å²) in [6, 6.07) is 2.05. The topological polar surface area (TPSA) is 111 Å². The quantitative estimate of drug-likeness (QED) is 0.766. The van der Waals surface area contributed by atoms with Gasteiger partial charge in [-0.25, -0.2) is 4.98 Å². The maximum absolute atomic E-state index is 12.4. The van der Waals surface area contributed by atoms with Crippen LogP contribution in [0.25, 0.3) is 0 Å². The van der Waals surface area contributed by atoms with E-state index in [0.29, 0.717) is 49.4 Å². The maximum Gasteiger partial charge on any atom is 0.234 e. The number of rotatable bonds is 5. The minimum Gasteiger partial charge on any atom is -0.424 e.